The number of Topliss-reactive ketones (excluding diaryl/α,β-unsaturated/α-hetero) is 1. The van der Waals surface area contributed by atoms with Crippen molar-refractivity contribution in [1.29, 1.82) is 0 Å². The lowest BCUT2D eigenvalue weighted by atomic mass is 10.1. The third-order valence-corrected chi connectivity index (χ3v) is 3.92. The second-order valence-corrected chi connectivity index (χ2v) is 5.59. The van der Waals surface area contributed by atoms with Gasteiger partial charge in [-0.15, -0.1) is 0 Å². The molecule has 0 saturated heterocycles. The molecule has 0 heterocycles. The van der Waals surface area contributed by atoms with Crippen molar-refractivity contribution in [3.05, 3.63) is 65.7 Å². The molecule has 2 rings (SSSR count). The summed E-state index contributed by atoms with van der Waals surface area (Å²) in [5.74, 6) is -0.203. The molecular weight excluding hydrogens is 270 g/mol. The molecule has 0 aromatic heterocycles. The van der Waals surface area contributed by atoms with Crippen LogP contribution in [-0.4, -0.2) is 15.7 Å². The van der Waals surface area contributed by atoms with Gasteiger partial charge in [-0.05, 0) is 26.0 Å². The number of benzene rings is 2. The number of rotatable bonds is 4. The molecule has 0 radical (unpaired) electrons. The predicted octanol–water partition coefficient (Wildman–Crippen LogP) is 3.36. The van der Waals surface area contributed by atoms with Crippen LogP contribution < -0.4 is 0 Å². The Balaban J connectivity index is 2.20. The van der Waals surface area contributed by atoms with Crippen molar-refractivity contribution in [2.45, 2.75) is 18.7 Å². The van der Waals surface area contributed by atoms with Crippen LogP contribution in [0.5, 0.6) is 0 Å². The van der Waals surface area contributed by atoms with E-state index < -0.39 is 11.0 Å². The van der Waals surface area contributed by atoms with Crippen molar-refractivity contribution >= 4 is 22.5 Å². The van der Waals surface area contributed by atoms with Gasteiger partial charge in [0.15, 0.2) is 11.0 Å². The largest absolute Gasteiger partial charge is 0.287 e. The van der Waals surface area contributed by atoms with Crippen LogP contribution in [0.4, 0.5) is 0 Å². The van der Waals surface area contributed by atoms with Gasteiger partial charge in [-0.25, -0.2) is 4.21 Å². The molecule has 0 fully saturated rings. The normalized spacial score (nSPS) is 13.0. The molecule has 0 aliphatic carbocycles. The SMILES string of the molecule is C/C(=N\S(=O)c1ccc(C)cc1)C(=O)c1ccccc1. The molecule has 0 spiro atoms. The Morgan fingerprint density at radius 3 is 2.20 bits per heavy atom. The summed E-state index contributed by atoms with van der Waals surface area (Å²) in [5.41, 5.74) is 1.89. The lowest BCUT2D eigenvalue weighted by molar-refractivity contribution is 0.106. The highest BCUT2D eigenvalue weighted by Gasteiger charge is 2.11. The lowest BCUT2D eigenvalue weighted by Crippen LogP contribution is -2.11. The van der Waals surface area contributed by atoms with Gasteiger partial charge in [0.25, 0.3) is 0 Å². The maximum absolute atomic E-state index is 12.1. The minimum absolute atomic E-state index is 0.203. The van der Waals surface area contributed by atoms with Crippen LogP contribution in [0.1, 0.15) is 22.8 Å². The van der Waals surface area contributed by atoms with E-state index in [1.807, 2.05) is 25.1 Å². The van der Waals surface area contributed by atoms with Crippen LogP contribution in [0.25, 0.3) is 0 Å². The van der Waals surface area contributed by atoms with Crippen molar-refractivity contribution in [3.63, 3.8) is 0 Å². The lowest BCUT2D eigenvalue weighted by Gasteiger charge is -2.01. The van der Waals surface area contributed by atoms with Crippen molar-refractivity contribution in [1.82, 2.24) is 0 Å². The fraction of sp³-hybridized carbons (Fsp3) is 0.125. The van der Waals surface area contributed by atoms with Gasteiger partial charge in [-0.1, -0.05) is 48.0 Å². The second kappa shape index (κ2) is 6.39. The summed E-state index contributed by atoms with van der Waals surface area (Å²) in [6.45, 7) is 3.54. The Morgan fingerprint density at radius 1 is 1.00 bits per heavy atom. The standard InChI is InChI=1S/C16H15NO2S/c1-12-8-10-15(11-9-12)20(19)17-13(2)16(18)14-6-4-3-5-7-14/h3-11H,1-2H3/b17-13+. The summed E-state index contributed by atoms with van der Waals surface area (Å²) in [7, 11) is -1.55. The number of carbonyl (C=O) groups is 1. The van der Waals surface area contributed by atoms with E-state index >= 15 is 0 Å². The molecule has 4 heteroatoms. The topological polar surface area (TPSA) is 46.5 Å². The van der Waals surface area contributed by atoms with Gasteiger partial charge in [0.2, 0.25) is 5.78 Å². The summed E-state index contributed by atoms with van der Waals surface area (Å²) >= 11 is 0. The molecule has 1 atom stereocenters. The molecule has 2 aromatic carbocycles. The molecular formula is C16H15NO2S. The highest BCUT2D eigenvalue weighted by atomic mass is 32.2. The van der Waals surface area contributed by atoms with E-state index in [0.717, 1.165) is 5.56 Å². The molecule has 0 amide bonds. The first-order chi connectivity index (χ1) is 9.58. The maximum atomic E-state index is 12.1. The van der Waals surface area contributed by atoms with Gasteiger partial charge < -0.3 is 0 Å². The average molecular weight is 285 g/mol. The summed E-state index contributed by atoms with van der Waals surface area (Å²) in [5, 5.41) is 0. The molecule has 0 aliphatic rings. The third kappa shape index (κ3) is 3.48. The number of hydrogen-bond donors (Lipinski definition) is 0. The quantitative estimate of drug-likeness (QED) is 0.638. The number of nitrogens with zero attached hydrogens (tertiary/aromatic N) is 1. The van der Waals surface area contributed by atoms with Crippen molar-refractivity contribution < 1.29 is 9.00 Å². The van der Waals surface area contributed by atoms with Gasteiger partial charge in [0, 0.05) is 5.56 Å². The fourth-order valence-corrected chi connectivity index (χ4v) is 2.48. The molecule has 20 heavy (non-hydrogen) atoms. The minimum Gasteiger partial charge on any atom is -0.287 e. The van der Waals surface area contributed by atoms with Crippen LogP contribution >= 0.6 is 0 Å². The van der Waals surface area contributed by atoms with Crippen LogP contribution in [-0.2, 0) is 11.0 Å². The summed E-state index contributed by atoms with van der Waals surface area (Å²) in [6.07, 6.45) is 0. The van der Waals surface area contributed by atoms with Gasteiger partial charge in [0.05, 0.1) is 10.6 Å². The molecule has 102 valence electrons. The first-order valence-electron chi connectivity index (χ1n) is 6.21. The molecule has 2 aromatic rings. The van der Waals surface area contributed by atoms with Crippen LogP contribution in [0.2, 0.25) is 0 Å². The van der Waals surface area contributed by atoms with E-state index in [0.29, 0.717) is 10.5 Å². The van der Waals surface area contributed by atoms with Crippen LogP contribution in [0, 0.1) is 6.92 Å². The van der Waals surface area contributed by atoms with Crippen molar-refractivity contribution in [2.24, 2.45) is 4.40 Å². The molecule has 0 aliphatic heterocycles. The summed E-state index contributed by atoms with van der Waals surface area (Å²) in [6, 6.07) is 16.1. The van der Waals surface area contributed by atoms with Gasteiger partial charge in [0.1, 0.15) is 0 Å². The van der Waals surface area contributed by atoms with E-state index in [-0.39, 0.29) is 11.5 Å². The Hall–Kier alpha value is -2.07. The van der Waals surface area contributed by atoms with Crippen LogP contribution in [0.15, 0.2) is 63.9 Å². The molecule has 0 bridgehead atoms. The number of aryl methyl sites for hydroxylation is 1. The average Bonchev–Trinajstić information content (AvgIpc) is 2.48. The zero-order valence-corrected chi connectivity index (χ0v) is 12.2. The van der Waals surface area contributed by atoms with E-state index in [1.165, 1.54) is 0 Å². The number of ketones is 1. The zero-order chi connectivity index (χ0) is 14.5. The fourth-order valence-electron chi connectivity index (χ4n) is 1.67. The Morgan fingerprint density at radius 2 is 1.60 bits per heavy atom. The monoisotopic (exact) mass is 285 g/mol. The van der Waals surface area contributed by atoms with Gasteiger partial charge >= 0.3 is 0 Å². The molecule has 3 nitrogen and oxygen atoms in total. The third-order valence-electron chi connectivity index (χ3n) is 2.81. The van der Waals surface area contributed by atoms with E-state index in [9.17, 15) is 9.00 Å². The number of carbonyl (C=O) groups excluding carboxylic acids is 1. The summed E-state index contributed by atoms with van der Waals surface area (Å²) < 4.78 is 16.1. The van der Waals surface area contributed by atoms with Crippen molar-refractivity contribution in [2.75, 3.05) is 0 Å². The minimum atomic E-state index is -1.55. The molecule has 0 saturated carbocycles. The summed E-state index contributed by atoms with van der Waals surface area (Å²) in [4.78, 5) is 12.7. The molecule has 1 unspecified atom stereocenters. The van der Waals surface area contributed by atoms with Crippen LogP contribution in [0.3, 0.4) is 0 Å². The maximum Gasteiger partial charge on any atom is 0.207 e. The first kappa shape index (κ1) is 14.3. The zero-order valence-electron chi connectivity index (χ0n) is 11.4. The smallest absolute Gasteiger partial charge is 0.207 e. The predicted molar refractivity (Wildman–Crippen MR) is 81.5 cm³/mol. The van der Waals surface area contributed by atoms with E-state index in [1.54, 1.807) is 43.3 Å². The Bertz CT molecular complexity index is 661. The highest BCUT2D eigenvalue weighted by Crippen LogP contribution is 2.10. The number of hydrogen-bond acceptors (Lipinski definition) is 2. The first-order valence-corrected chi connectivity index (χ1v) is 7.32. The second-order valence-electron chi connectivity index (χ2n) is 4.43. The Labute approximate surface area is 121 Å². The van der Waals surface area contributed by atoms with E-state index in [2.05, 4.69) is 4.40 Å². The highest BCUT2D eigenvalue weighted by molar-refractivity contribution is 7.84. The Kier molecular flexibility index (Phi) is 4.58. The van der Waals surface area contributed by atoms with E-state index in [4.69, 9.17) is 0 Å². The van der Waals surface area contributed by atoms with Crippen molar-refractivity contribution in [3.8, 4) is 0 Å². The molecule has 0 N–H and O–H groups in total. The van der Waals surface area contributed by atoms with Gasteiger partial charge in [-0.2, -0.15) is 4.40 Å². The van der Waals surface area contributed by atoms with Gasteiger partial charge in [-0.3, -0.25) is 4.79 Å².